The van der Waals surface area contributed by atoms with Crippen molar-refractivity contribution < 1.29 is 9.59 Å². The van der Waals surface area contributed by atoms with Gasteiger partial charge >= 0.3 is 0 Å². The number of rotatable bonds is 4. The summed E-state index contributed by atoms with van der Waals surface area (Å²) in [5.74, 6) is -0.322. The molecular formula is C20H22N2O2. The second-order valence-electron chi connectivity index (χ2n) is 6.42. The molecule has 0 aliphatic carbocycles. The highest BCUT2D eigenvalue weighted by atomic mass is 16.2. The Balaban J connectivity index is 1.66. The second kappa shape index (κ2) is 6.87. The highest BCUT2D eigenvalue weighted by molar-refractivity contribution is 5.98. The van der Waals surface area contributed by atoms with E-state index in [0.29, 0.717) is 13.1 Å². The van der Waals surface area contributed by atoms with E-state index in [1.807, 2.05) is 62.4 Å². The van der Waals surface area contributed by atoms with E-state index in [9.17, 15) is 9.59 Å². The van der Waals surface area contributed by atoms with Crippen LogP contribution in [-0.2, 0) is 16.1 Å². The molecule has 0 spiro atoms. The van der Waals surface area contributed by atoms with E-state index < -0.39 is 0 Å². The molecule has 1 atom stereocenters. The van der Waals surface area contributed by atoms with Crippen molar-refractivity contribution in [1.29, 1.82) is 0 Å². The lowest BCUT2D eigenvalue weighted by molar-refractivity contribution is -0.128. The third-order valence-electron chi connectivity index (χ3n) is 4.53. The summed E-state index contributed by atoms with van der Waals surface area (Å²) in [4.78, 5) is 26.6. The fourth-order valence-corrected chi connectivity index (χ4v) is 3.14. The molecule has 1 aliphatic heterocycles. The number of nitrogens with one attached hydrogen (secondary N) is 1. The van der Waals surface area contributed by atoms with Gasteiger partial charge in [0.15, 0.2) is 0 Å². The maximum Gasteiger partial charge on any atom is 0.229 e. The molecule has 24 heavy (non-hydrogen) atoms. The van der Waals surface area contributed by atoms with Crippen molar-refractivity contribution in [2.75, 3.05) is 11.9 Å². The first-order valence-corrected chi connectivity index (χ1v) is 8.23. The molecule has 0 aromatic heterocycles. The number of benzene rings is 2. The molecule has 2 amide bonds. The van der Waals surface area contributed by atoms with Crippen molar-refractivity contribution in [3.63, 3.8) is 0 Å². The third kappa shape index (κ3) is 3.48. The van der Waals surface area contributed by atoms with Gasteiger partial charge in [0.1, 0.15) is 0 Å². The number of nitrogens with zero attached hydrogens (tertiary/aromatic N) is 1. The van der Waals surface area contributed by atoms with Crippen LogP contribution in [0.4, 0.5) is 5.69 Å². The van der Waals surface area contributed by atoms with Crippen LogP contribution >= 0.6 is 0 Å². The highest BCUT2D eigenvalue weighted by Gasteiger charge is 2.34. The number of anilines is 1. The van der Waals surface area contributed by atoms with Crippen LogP contribution in [0.3, 0.4) is 0 Å². The van der Waals surface area contributed by atoms with Gasteiger partial charge in [0.25, 0.3) is 0 Å². The monoisotopic (exact) mass is 322 g/mol. The zero-order valence-corrected chi connectivity index (χ0v) is 14.1. The van der Waals surface area contributed by atoms with Crippen molar-refractivity contribution >= 4 is 17.5 Å². The molecule has 0 saturated carbocycles. The van der Waals surface area contributed by atoms with Gasteiger partial charge in [-0.15, -0.1) is 0 Å². The van der Waals surface area contributed by atoms with Crippen LogP contribution in [0.5, 0.6) is 0 Å². The number of hydrogen-bond donors (Lipinski definition) is 1. The van der Waals surface area contributed by atoms with Crippen LogP contribution in [0.25, 0.3) is 0 Å². The maximum atomic E-state index is 12.6. The molecular weight excluding hydrogens is 300 g/mol. The Morgan fingerprint density at radius 3 is 2.42 bits per heavy atom. The van der Waals surface area contributed by atoms with Gasteiger partial charge in [-0.3, -0.25) is 9.59 Å². The first-order chi connectivity index (χ1) is 11.5. The molecule has 3 rings (SSSR count). The van der Waals surface area contributed by atoms with Crippen molar-refractivity contribution in [1.82, 2.24) is 4.90 Å². The minimum atomic E-state index is -0.291. The molecule has 1 heterocycles. The van der Waals surface area contributed by atoms with Gasteiger partial charge in [0, 0.05) is 25.2 Å². The first-order valence-electron chi connectivity index (χ1n) is 8.23. The van der Waals surface area contributed by atoms with Crippen molar-refractivity contribution in [3.8, 4) is 0 Å². The summed E-state index contributed by atoms with van der Waals surface area (Å²) in [7, 11) is 0. The van der Waals surface area contributed by atoms with Crippen LogP contribution in [0.15, 0.2) is 48.5 Å². The summed E-state index contributed by atoms with van der Waals surface area (Å²) in [6.45, 7) is 4.99. The Hall–Kier alpha value is -2.62. The van der Waals surface area contributed by atoms with Crippen molar-refractivity contribution in [3.05, 3.63) is 65.2 Å². The first kappa shape index (κ1) is 16.2. The van der Waals surface area contributed by atoms with Crippen LogP contribution in [0.1, 0.15) is 23.1 Å². The molecule has 4 nitrogen and oxygen atoms in total. The van der Waals surface area contributed by atoms with Gasteiger partial charge in [0.05, 0.1) is 5.92 Å². The van der Waals surface area contributed by atoms with Crippen molar-refractivity contribution in [2.45, 2.75) is 26.8 Å². The fraction of sp³-hybridized carbons (Fsp3) is 0.300. The molecule has 4 heteroatoms. The SMILES string of the molecule is Cc1cccc(C)c1NC(=O)[C@H]1CC(=O)N(Cc2ccccc2)C1. The van der Waals surface area contributed by atoms with Gasteiger partial charge in [-0.05, 0) is 30.5 Å². The summed E-state index contributed by atoms with van der Waals surface area (Å²) in [5.41, 5.74) is 4.01. The molecule has 2 aromatic carbocycles. The van der Waals surface area contributed by atoms with Gasteiger partial charge in [0.2, 0.25) is 11.8 Å². The lowest BCUT2D eigenvalue weighted by Gasteiger charge is -2.17. The Morgan fingerprint density at radius 1 is 1.08 bits per heavy atom. The maximum absolute atomic E-state index is 12.6. The van der Waals surface area contributed by atoms with Crippen molar-refractivity contribution in [2.24, 2.45) is 5.92 Å². The fourth-order valence-electron chi connectivity index (χ4n) is 3.14. The van der Waals surface area contributed by atoms with E-state index in [4.69, 9.17) is 0 Å². The van der Waals surface area contributed by atoms with E-state index in [1.165, 1.54) is 0 Å². The predicted molar refractivity (Wildman–Crippen MR) is 94.5 cm³/mol. The number of carbonyl (C=O) groups excluding carboxylic acids is 2. The number of carbonyl (C=O) groups is 2. The standard InChI is InChI=1S/C20H22N2O2/c1-14-7-6-8-15(2)19(14)21-20(24)17-11-18(23)22(13-17)12-16-9-4-3-5-10-16/h3-10,17H,11-13H2,1-2H3,(H,21,24)/t17-/m0/s1. The average molecular weight is 322 g/mol. The number of hydrogen-bond acceptors (Lipinski definition) is 2. The van der Waals surface area contributed by atoms with Gasteiger partial charge in [-0.2, -0.15) is 0 Å². The summed E-state index contributed by atoms with van der Waals surface area (Å²) in [5, 5.41) is 3.01. The molecule has 1 N–H and O–H groups in total. The van der Waals surface area contributed by atoms with E-state index in [-0.39, 0.29) is 24.2 Å². The molecule has 0 unspecified atom stereocenters. The van der Waals surface area contributed by atoms with Gasteiger partial charge in [-0.25, -0.2) is 0 Å². The summed E-state index contributed by atoms with van der Waals surface area (Å²) in [6, 6.07) is 15.8. The second-order valence-corrected chi connectivity index (χ2v) is 6.42. The quantitative estimate of drug-likeness (QED) is 0.939. The topological polar surface area (TPSA) is 49.4 Å². The largest absolute Gasteiger partial charge is 0.338 e. The average Bonchev–Trinajstić information content (AvgIpc) is 2.93. The molecule has 124 valence electrons. The zero-order valence-electron chi connectivity index (χ0n) is 14.1. The number of para-hydroxylation sites is 1. The molecule has 1 aliphatic rings. The lowest BCUT2D eigenvalue weighted by Crippen LogP contribution is -2.28. The Bertz CT molecular complexity index is 735. The molecule has 0 bridgehead atoms. The number of amides is 2. The minimum Gasteiger partial charge on any atom is -0.338 e. The summed E-state index contributed by atoms with van der Waals surface area (Å²) >= 11 is 0. The van der Waals surface area contributed by atoms with Crippen LogP contribution < -0.4 is 5.32 Å². The zero-order chi connectivity index (χ0) is 17.1. The normalized spacial score (nSPS) is 17.2. The van der Waals surface area contributed by atoms with Crippen LogP contribution in [-0.4, -0.2) is 23.3 Å². The Kier molecular flexibility index (Phi) is 4.65. The molecule has 0 radical (unpaired) electrons. The predicted octanol–water partition coefficient (Wildman–Crippen LogP) is 3.29. The lowest BCUT2D eigenvalue weighted by atomic mass is 10.1. The Labute approximate surface area is 142 Å². The number of likely N-dealkylation sites (tertiary alicyclic amines) is 1. The molecule has 2 aromatic rings. The van der Waals surface area contributed by atoms with Crippen LogP contribution in [0.2, 0.25) is 0 Å². The highest BCUT2D eigenvalue weighted by Crippen LogP contribution is 2.24. The van der Waals surface area contributed by atoms with Gasteiger partial charge < -0.3 is 10.2 Å². The van der Waals surface area contributed by atoms with E-state index in [1.54, 1.807) is 4.90 Å². The molecule has 1 fully saturated rings. The van der Waals surface area contributed by atoms with E-state index >= 15 is 0 Å². The van der Waals surface area contributed by atoms with E-state index in [0.717, 1.165) is 22.4 Å². The van der Waals surface area contributed by atoms with Gasteiger partial charge in [-0.1, -0.05) is 48.5 Å². The minimum absolute atomic E-state index is 0.0421. The van der Waals surface area contributed by atoms with Crippen LogP contribution in [0, 0.1) is 19.8 Å². The Morgan fingerprint density at radius 2 is 1.75 bits per heavy atom. The number of aryl methyl sites for hydroxylation is 2. The summed E-state index contributed by atoms with van der Waals surface area (Å²) in [6.07, 6.45) is 0.281. The third-order valence-corrected chi connectivity index (χ3v) is 4.53. The van der Waals surface area contributed by atoms with E-state index in [2.05, 4.69) is 5.32 Å². The molecule has 1 saturated heterocycles. The summed E-state index contributed by atoms with van der Waals surface area (Å²) < 4.78 is 0. The smallest absolute Gasteiger partial charge is 0.229 e.